The van der Waals surface area contributed by atoms with Crippen LogP contribution in [0.2, 0.25) is 0 Å². The lowest BCUT2D eigenvalue weighted by Gasteiger charge is -2.15. The molecule has 1 aliphatic heterocycles. The Morgan fingerprint density at radius 2 is 2.13 bits per heavy atom. The molecule has 0 fully saturated rings. The third-order valence-electron chi connectivity index (χ3n) is 2.52. The number of ketones is 1. The molecule has 74 valence electrons. The zero-order valence-electron chi connectivity index (χ0n) is 7.59. The fourth-order valence-corrected chi connectivity index (χ4v) is 2.19. The standard InChI is InChI=1S/C10H6ClN3O/c11-8-9(6(4-12)5-13)14-3-1-2-7(14)10(8)15/h1-3,6,8-9H. The molecular weight excluding hydrogens is 214 g/mol. The van der Waals surface area contributed by atoms with E-state index in [-0.39, 0.29) is 5.78 Å². The van der Waals surface area contributed by atoms with Crippen LogP contribution < -0.4 is 0 Å². The molecule has 0 bridgehead atoms. The topological polar surface area (TPSA) is 69.6 Å². The number of halogens is 1. The van der Waals surface area contributed by atoms with Crippen molar-refractivity contribution in [3.05, 3.63) is 24.0 Å². The van der Waals surface area contributed by atoms with Crippen molar-refractivity contribution in [2.75, 3.05) is 0 Å². The summed E-state index contributed by atoms with van der Waals surface area (Å²) in [6.45, 7) is 0. The van der Waals surface area contributed by atoms with Gasteiger partial charge in [-0.15, -0.1) is 11.6 Å². The van der Waals surface area contributed by atoms with Gasteiger partial charge < -0.3 is 4.57 Å². The summed E-state index contributed by atoms with van der Waals surface area (Å²) in [6, 6.07) is 6.49. The molecule has 2 rings (SSSR count). The van der Waals surface area contributed by atoms with Crippen molar-refractivity contribution >= 4 is 17.4 Å². The van der Waals surface area contributed by atoms with Crippen LogP contribution in [0.25, 0.3) is 0 Å². The molecule has 0 radical (unpaired) electrons. The normalized spacial score (nSPS) is 23.6. The van der Waals surface area contributed by atoms with Crippen molar-refractivity contribution in [2.45, 2.75) is 11.4 Å². The number of alkyl halides is 1. The highest BCUT2D eigenvalue weighted by Crippen LogP contribution is 2.35. The number of Topliss-reactive ketones (excluding diaryl/α,β-unsaturated/α-hetero) is 1. The van der Waals surface area contributed by atoms with E-state index >= 15 is 0 Å². The summed E-state index contributed by atoms with van der Waals surface area (Å²) in [5, 5.41) is 16.8. The summed E-state index contributed by atoms with van der Waals surface area (Å²) in [6.07, 6.45) is 1.67. The molecule has 0 N–H and O–H groups in total. The van der Waals surface area contributed by atoms with E-state index in [0.717, 1.165) is 0 Å². The van der Waals surface area contributed by atoms with Crippen molar-refractivity contribution in [2.24, 2.45) is 5.92 Å². The molecule has 5 heteroatoms. The zero-order valence-corrected chi connectivity index (χ0v) is 8.35. The Kier molecular flexibility index (Phi) is 2.22. The van der Waals surface area contributed by atoms with Gasteiger partial charge in [-0.25, -0.2) is 0 Å². The maximum atomic E-state index is 11.6. The average molecular weight is 220 g/mol. The molecule has 1 aromatic heterocycles. The van der Waals surface area contributed by atoms with Gasteiger partial charge in [-0.05, 0) is 12.1 Å². The van der Waals surface area contributed by atoms with Gasteiger partial charge >= 0.3 is 0 Å². The molecule has 0 saturated heterocycles. The molecule has 1 aromatic rings. The molecule has 0 spiro atoms. The van der Waals surface area contributed by atoms with E-state index < -0.39 is 17.3 Å². The van der Waals surface area contributed by atoms with E-state index in [1.54, 1.807) is 22.9 Å². The molecule has 2 heterocycles. The molecule has 4 nitrogen and oxygen atoms in total. The van der Waals surface area contributed by atoms with Gasteiger partial charge in [0.15, 0.2) is 11.7 Å². The van der Waals surface area contributed by atoms with Crippen LogP contribution in [-0.2, 0) is 0 Å². The van der Waals surface area contributed by atoms with Gasteiger partial charge in [0, 0.05) is 6.20 Å². The largest absolute Gasteiger partial charge is 0.338 e. The van der Waals surface area contributed by atoms with E-state index in [2.05, 4.69) is 0 Å². The maximum Gasteiger partial charge on any atom is 0.199 e. The Morgan fingerprint density at radius 1 is 1.47 bits per heavy atom. The van der Waals surface area contributed by atoms with Gasteiger partial charge in [0.1, 0.15) is 5.38 Å². The van der Waals surface area contributed by atoms with Gasteiger partial charge in [0.2, 0.25) is 0 Å². The van der Waals surface area contributed by atoms with E-state index in [1.807, 2.05) is 12.1 Å². The Bertz CT molecular complexity index is 480. The fraction of sp³-hybridized carbons (Fsp3) is 0.300. The lowest BCUT2D eigenvalue weighted by atomic mass is 10.00. The Hall–Kier alpha value is -1.78. The Morgan fingerprint density at radius 3 is 2.73 bits per heavy atom. The number of carbonyl (C=O) groups excluding carboxylic acids is 1. The molecule has 0 aliphatic carbocycles. The van der Waals surface area contributed by atoms with Gasteiger partial charge in [-0.3, -0.25) is 4.79 Å². The van der Waals surface area contributed by atoms with Crippen LogP contribution in [0.4, 0.5) is 0 Å². The quantitative estimate of drug-likeness (QED) is 0.672. The number of aromatic nitrogens is 1. The summed E-state index contributed by atoms with van der Waals surface area (Å²) in [5.41, 5.74) is 0.468. The second-order valence-electron chi connectivity index (χ2n) is 3.29. The Labute approximate surface area is 91.3 Å². The molecule has 1 aliphatic rings. The van der Waals surface area contributed by atoms with Crippen molar-refractivity contribution in [1.82, 2.24) is 4.57 Å². The third kappa shape index (κ3) is 1.23. The van der Waals surface area contributed by atoms with Gasteiger partial charge in [-0.1, -0.05) is 0 Å². The van der Waals surface area contributed by atoms with Crippen molar-refractivity contribution in [3.8, 4) is 12.1 Å². The van der Waals surface area contributed by atoms with E-state index in [4.69, 9.17) is 22.1 Å². The predicted octanol–water partition coefficient (Wildman–Crippen LogP) is 1.50. The highest BCUT2D eigenvalue weighted by molar-refractivity contribution is 6.35. The zero-order chi connectivity index (χ0) is 11.0. The number of nitrogens with zero attached hydrogens (tertiary/aromatic N) is 3. The van der Waals surface area contributed by atoms with Crippen LogP contribution in [0.3, 0.4) is 0 Å². The number of carbonyl (C=O) groups is 1. The molecule has 2 unspecified atom stereocenters. The lowest BCUT2D eigenvalue weighted by Crippen LogP contribution is -2.22. The molecule has 2 atom stereocenters. The molecule has 0 aromatic carbocycles. The van der Waals surface area contributed by atoms with E-state index in [1.165, 1.54) is 0 Å². The van der Waals surface area contributed by atoms with Crippen LogP contribution >= 0.6 is 11.6 Å². The molecular formula is C10H6ClN3O. The Balaban J connectivity index is 2.49. The minimum atomic E-state index is -0.898. The summed E-state index contributed by atoms with van der Waals surface area (Å²) >= 11 is 5.92. The first-order valence-electron chi connectivity index (χ1n) is 4.35. The van der Waals surface area contributed by atoms with E-state index in [0.29, 0.717) is 5.69 Å². The number of rotatable bonds is 1. The fourth-order valence-electron chi connectivity index (χ4n) is 1.81. The second-order valence-corrected chi connectivity index (χ2v) is 3.76. The first-order valence-corrected chi connectivity index (χ1v) is 4.78. The minimum absolute atomic E-state index is 0.220. The van der Waals surface area contributed by atoms with Gasteiger partial charge in [0.25, 0.3) is 0 Å². The number of hydrogen-bond donors (Lipinski definition) is 0. The van der Waals surface area contributed by atoms with Crippen molar-refractivity contribution in [1.29, 1.82) is 10.5 Å². The van der Waals surface area contributed by atoms with Crippen LogP contribution in [0.15, 0.2) is 18.3 Å². The highest BCUT2D eigenvalue weighted by Gasteiger charge is 2.42. The summed E-state index contributed by atoms with van der Waals surface area (Å²) in [5.74, 6) is -1.12. The SMILES string of the molecule is N#CC(C#N)C1C(Cl)C(=O)c2cccn21. The molecule has 0 saturated carbocycles. The monoisotopic (exact) mass is 219 g/mol. The van der Waals surface area contributed by atoms with Crippen LogP contribution in [0.5, 0.6) is 0 Å². The van der Waals surface area contributed by atoms with Gasteiger partial charge in [-0.2, -0.15) is 10.5 Å². The highest BCUT2D eigenvalue weighted by atomic mass is 35.5. The van der Waals surface area contributed by atoms with Crippen molar-refractivity contribution < 1.29 is 4.79 Å². The second kappa shape index (κ2) is 3.42. The third-order valence-corrected chi connectivity index (χ3v) is 2.98. The predicted molar refractivity (Wildman–Crippen MR) is 52.2 cm³/mol. The summed E-state index contributed by atoms with van der Waals surface area (Å²) < 4.78 is 1.61. The molecule has 15 heavy (non-hydrogen) atoms. The summed E-state index contributed by atoms with van der Waals surface area (Å²) in [7, 11) is 0. The van der Waals surface area contributed by atoms with Crippen LogP contribution in [0.1, 0.15) is 16.5 Å². The summed E-state index contributed by atoms with van der Waals surface area (Å²) in [4.78, 5) is 11.6. The van der Waals surface area contributed by atoms with Crippen LogP contribution in [0, 0.1) is 28.6 Å². The number of nitriles is 2. The first kappa shape index (κ1) is 9.76. The van der Waals surface area contributed by atoms with Crippen LogP contribution in [-0.4, -0.2) is 15.7 Å². The van der Waals surface area contributed by atoms with Crippen molar-refractivity contribution in [3.63, 3.8) is 0 Å². The first-order chi connectivity index (χ1) is 7.20. The smallest absolute Gasteiger partial charge is 0.199 e. The minimum Gasteiger partial charge on any atom is -0.338 e. The maximum absolute atomic E-state index is 11.6. The lowest BCUT2D eigenvalue weighted by molar-refractivity contribution is 0.0991. The number of fused-ring (bicyclic) bond motifs is 1. The number of hydrogen-bond acceptors (Lipinski definition) is 3. The van der Waals surface area contributed by atoms with E-state index in [9.17, 15) is 4.79 Å². The molecule has 0 amide bonds. The van der Waals surface area contributed by atoms with Gasteiger partial charge in [0.05, 0.1) is 23.9 Å². The average Bonchev–Trinajstić information content (AvgIpc) is 2.78.